The van der Waals surface area contributed by atoms with Gasteiger partial charge in [-0.25, -0.2) is 0 Å². The summed E-state index contributed by atoms with van der Waals surface area (Å²) >= 11 is 0. The van der Waals surface area contributed by atoms with Crippen LogP contribution in [0.5, 0.6) is 0 Å². The van der Waals surface area contributed by atoms with Crippen LogP contribution in [-0.2, 0) is 14.3 Å². The van der Waals surface area contributed by atoms with Crippen LogP contribution in [0.2, 0.25) is 0 Å². The summed E-state index contributed by atoms with van der Waals surface area (Å²) in [6.07, 6.45) is 12.3. The van der Waals surface area contributed by atoms with E-state index < -0.39 is 0 Å². The van der Waals surface area contributed by atoms with Crippen molar-refractivity contribution in [1.82, 2.24) is 0 Å². The maximum Gasteiger partial charge on any atom is 0.306 e. The average molecular weight is 387 g/mol. The van der Waals surface area contributed by atoms with Crippen LogP contribution in [0.1, 0.15) is 91.9 Å². The number of allylic oxidation sites excluding steroid dienone is 1. The lowest BCUT2D eigenvalue weighted by Gasteiger charge is -2.57. The molecule has 4 aliphatic carbocycles. The molecule has 3 saturated carbocycles. The molecule has 4 rings (SSSR count). The average Bonchev–Trinajstić information content (AvgIpc) is 2.97. The van der Waals surface area contributed by atoms with Crippen LogP contribution >= 0.6 is 0 Å². The van der Waals surface area contributed by atoms with E-state index in [1.807, 2.05) is 6.08 Å². The maximum absolute atomic E-state index is 12.4. The Morgan fingerprint density at radius 1 is 1.11 bits per heavy atom. The second kappa shape index (κ2) is 7.29. The Hall–Kier alpha value is -1.12. The highest BCUT2D eigenvalue weighted by Crippen LogP contribution is 2.65. The summed E-state index contributed by atoms with van der Waals surface area (Å²) in [6, 6.07) is 0. The van der Waals surface area contributed by atoms with Crippen LogP contribution in [0.15, 0.2) is 11.6 Å². The molecule has 0 aromatic rings. The van der Waals surface area contributed by atoms with Crippen LogP contribution in [0, 0.1) is 34.5 Å². The Bertz CT molecular complexity index is 677. The molecule has 28 heavy (non-hydrogen) atoms. The van der Waals surface area contributed by atoms with Gasteiger partial charge in [0.05, 0.1) is 0 Å². The molecule has 0 aromatic carbocycles. The second-order valence-electron chi connectivity index (χ2n) is 11.0. The number of hydrogen-bond donors (Lipinski definition) is 0. The standard InChI is InChI=1S/C25H38O3/c1-16(2)5-10-23(27)28-22-9-8-20-19-7-6-17-15-18(26)11-13-24(17,3)21(19)12-14-25(20,22)4/h15-16,19-22H,5-14H2,1-4H3/t19?,20-,21-,22-,24?,25?/m0/s1. The van der Waals surface area contributed by atoms with Crippen molar-refractivity contribution in [2.75, 3.05) is 0 Å². The molecule has 0 amide bonds. The molecule has 0 heterocycles. The molecule has 6 atom stereocenters. The van der Waals surface area contributed by atoms with Crippen LogP contribution < -0.4 is 0 Å². The first-order valence-electron chi connectivity index (χ1n) is 11.7. The van der Waals surface area contributed by atoms with Gasteiger partial charge in [0.15, 0.2) is 5.78 Å². The summed E-state index contributed by atoms with van der Waals surface area (Å²) in [4.78, 5) is 24.4. The summed E-state index contributed by atoms with van der Waals surface area (Å²) in [7, 11) is 0. The Kier molecular flexibility index (Phi) is 5.25. The second-order valence-corrected chi connectivity index (χ2v) is 11.0. The smallest absolute Gasteiger partial charge is 0.306 e. The molecule has 4 aliphatic rings. The zero-order chi connectivity index (χ0) is 20.1. The van der Waals surface area contributed by atoms with E-state index in [2.05, 4.69) is 27.7 Å². The van der Waals surface area contributed by atoms with Crippen molar-refractivity contribution in [3.8, 4) is 0 Å². The van der Waals surface area contributed by atoms with E-state index in [0.29, 0.717) is 30.0 Å². The van der Waals surface area contributed by atoms with E-state index in [0.717, 1.165) is 44.4 Å². The number of carbonyl (C=O) groups excluding carboxylic acids is 2. The SMILES string of the molecule is CC(C)CCC(=O)O[C@H]1CC[C@H]2C3CCC4=CC(=O)CCC4(C)[C@H]3CCC12C. The van der Waals surface area contributed by atoms with Crippen LogP contribution in [0.4, 0.5) is 0 Å². The molecule has 0 aliphatic heterocycles. The van der Waals surface area contributed by atoms with Gasteiger partial charge in [0.1, 0.15) is 6.10 Å². The lowest BCUT2D eigenvalue weighted by molar-refractivity contribution is -0.160. The molecule has 0 spiro atoms. The third kappa shape index (κ3) is 3.27. The summed E-state index contributed by atoms with van der Waals surface area (Å²) in [5.74, 6) is 2.99. The molecule has 0 bridgehead atoms. The highest BCUT2D eigenvalue weighted by molar-refractivity contribution is 5.91. The zero-order valence-electron chi connectivity index (χ0n) is 18.3. The van der Waals surface area contributed by atoms with Gasteiger partial charge >= 0.3 is 5.97 Å². The Balaban J connectivity index is 1.49. The molecule has 3 nitrogen and oxygen atoms in total. The fraction of sp³-hybridized carbons (Fsp3) is 0.840. The van der Waals surface area contributed by atoms with Crippen molar-refractivity contribution < 1.29 is 14.3 Å². The molecule has 0 N–H and O–H groups in total. The van der Waals surface area contributed by atoms with Crippen LogP contribution in [0.3, 0.4) is 0 Å². The van der Waals surface area contributed by atoms with E-state index in [1.54, 1.807) is 0 Å². The minimum Gasteiger partial charge on any atom is -0.462 e. The first-order chi connectivity index (χ1) is 13.2. The predicted molar refractivity (Wildman–Crippen MR) is 111 cm³/mol. The summed E-state index contributed by atoms with van der Waals surface area (Å²) < 4.78 is 6.06. The number of carbonyl (C=O) groups is 2. The number of hydrogen-bond acceptors (Lipinski definition) is 3. The van der Waals surface area contributed by atoms with Gasteiger partial charge in [-0.15, -0.1) is 0 Å². The molecular weight excluding hydrogens is 348 g/mol. The molecule has 0 aromatic heterocycles. The number of ketones is 1. The van der Waals surface area contributed by atoms with E-state index in [-0.39, 0.29) is 22.9 Å². The predicted octanol–water partition coefficient (Wildman–Crippen LogP) is 5.87. The van der Waals surface area contributed by atoms with E-state index >= 15 is 0 Å². The van der Waals surface area contributed by atoms with Gasteiger partial charge in [-0.05, 0) is 86.5 Å². The van der Waals surface area contributed by atoms with Gasteiger partial charge in [-0.3, -0.25) is 9.59 Å². The van der Waals surface area contributed by atoms with Crippen molar-refractivity contribution in [3.05, 3.63) is 11.6 Å². The van der Waals surface area contributed by atoms with Gasteiger partial charge in [0, 0.05) is 18.3 Å². The van der Waals surface area contributed by atoms with E-state index in [4.69, 9.17) is 4.74 Å². The highest BCUT2D eigenvalue weighted by atomic mass is 16.5. The topological polar surface area (TPSA) is 43.4 Å². The fourth-order valence-electron chi connectivity index (χ4n) is 7.33. The zero-order valence-corrected chi connectivity index (χ0v) is 18.3. The molecule has 0 saturated heterocycles. The van der Waals surface area contributed by atoms with E-state index in [9.17, 15) is 9.59 Å². The summed E-state index contributed by atoms with van der Waals surface area (Å²) in [5.41, 5.74) is 1.81. The summed E-state index contributed by atoms with van der Waals surface area (Å²) in [5, 5.41) is 0. The molecule has 0 radical (unpaired) electrons. The van der Waals surface area contributed by atoms with Crippen LogP contribution in [-0.4, -0.2) is 17.9 Å². The Morgan fingerprint density at radius 2 is 1.89 bits per heavy atom. The Labute approximate surface area is 170 Å². The third-order valence-electron chi connectivity index (χ3n) is 9.07. The van der Waals surface area contributed by atoms with Gasteiger partial charge < -0.3 is 4.74 Å². The number of esters is 1. The molecule has 3 unspecified atom stereocenters. The lowest BCUT2D eigenvalue weighted by atomic mass is 9.47. The minimum absolute atomic E-state index is 0.00863. The van der Waals surface area contributed by atoms with Crippen molar-refractivity contribution in [1.29, 1.82) is 0 Å². The number of fused-ring (bicyclic) bond motifs is 5. The third-order valence-corrected chi connectivity index (χ3v) is 9.07. The number of ether oxygens (including phenoxy) is 1. The normalized spacial score (nSPS) is 42.5. The van der Waals surface area contributed by atoms with E-state index in [1.165, 1.54) is 24.8 Å². The van der Waals surface area contributed by atoms with Crippen molar-refractivity contribution in [3.63, 3.8) is 0 Å². The quantitative estimate of drug-likeness (QED) is 0.568. The maximum atomic E-state index is 12.4. The first-order valence-corrected chi connectivity index (χ1v) is 11.7. The fourth-order valence-corrected chi connectivity index (χ4v) is 7.33. The van der Waals surface area contributed by atoms with Crippen LogP contribution in [0.25, 0.3) is 0 Å². The van der Waals surface area contributed by atoms with Crippen molar-refractivity contribution in [2.24, 2.45) is 34.5 Å². The molecule has 156 valence electrons. The molecule has 3 heteroatoms. The highest BCUT2D eigenvalue weighted by Gasteiger charge is 2.59. The molecular formula is C25H38O3. The molecule has 3 fully saturated rings. The monoisotopic (exact) mass is 386 g/mol. The van der Waals surface area contributed by atoms with Gasteiger partial charge in [-0.2, -0.15) is 0 Å². The first kappa shape index (κ1) is 20.2. The lowest BCUT2D eigenvalue weighted by Crippen LogP contribution is -2.51. The van der Waals surface area contributed by atoms with Gasteiger partial charge in [0.25, 0.3) is 0 Å². The Morgan fingerprint density at radius 3 is 2.64 bits per heavy atom. The largest absolute Gasteiger partial charge is 0.462 e. The van der Waals surface area contributed by atoms with Crippen molar-refractivity contribution >= 4 is 11.8 Å². The van der Waals surface area contributed by atoms with Gasteiger partial charge in [0.2, 0.25) is 0 Å². The van der Waals surface area contributed by atoms with Gasteiger partial charge in [-0.1, -0.05) is 33.3 Å². The number of rotatable bonds is 4. The summed E-state index contributed by atoms with van der Waals surface area (Å²) in [6.45, 7) is 9.15. The minimum atomic E-state index is 0.00863. The van der Waals surface area contributed by atoms with Crippen molar-refractivity contribution in [2.45, 2.75) is 98.0 Å².